The molecule has 1 heterocycles. The van der Waals surface area contributed by atoms with Crippen LogP contribution in [0.25, 0.3) is 11.3 Å². The predicted octanol–water partition coefficient (Wildman–Crippen LogP) is 0.0673. The number of nitrogens with one attached hydrogen (secondary N) is 1. The van der Waals surface area contributed by atoms with Crippen LogP contribution >= 0.6 is 0 Å². The molecule has 86 valence electrons. The summed E-state index contributed by atoms with van der Waals surface area (Å²) in [4.78, 5) is 0. The number of benzene rings is 1. The van der Waals surface area contributed by atoms with Crippen LogP contribution in [0.4, 0.5) is 0 Å². The van der Waals surface area contributed by atoms with E-state index in [2.05, 4.69) is 5.32 Å². The van der Waals surface area contributed by atoms with Crippen molar-refractivity contribution >= 4 is 0 Å². The summed E-state index contributed by atoms with van der Waals surface area (Å²) in [6, 6.07) is 15.8. The Morgan fingerprint density at radius 3 is 1.94 bits per heavy atom. The number of rotatable bonds is 1. The largest absolute Gasteiger partial charge is 1.00 e. The van der Waals surface area contributed by atoms with Crippen LogP contribution in [0.1, 0.15) is 0 Å². The number of halogens is 1. The Labute approximate surface area is 114 Å². The van der Waals surface area contributed by atoms with Gasteiger partial charge in [-0.3, -0.25) is 0 Å². The maximum atomic E-state index is 5.31. The van der Waals surface area contributed by atoms with Crippen LogP contribution in [-0.2, 0) is 0 Å². The van der Waals surface area contributed by atoms with Gasteiger partial charge >= 0.3 is 12.0 Å². The highest BCUT2D eigenvalue weighted by Crippen LogP contribution is 2.17. The number of hydrogen-bond acceptors (Lipinski definition) is 1. The highest BCUT2D eigenvalue weighted by atomic mass is 127. The van der Waals surface area contributed by atoms with Gasteiger partial charge in [0, 0.05) is 12.1 Å². The van der Waals surface area contributed by atoms with E-state index in [1.165, 1.54) is 0 Å². The molecule has 1 aromatic heterocycles. The first-order valence-corrected chi connectivity index (χ1v) is 4.89. The van der Waals surface area contributed by atoms with E-state index in [0.717, 1.165) is 11.3 Å². The van der Waals surface area contributed by atoms with Crippen molar-refractivity contribution in [3.8, 4) is 11.3 Å². The first kappa shape index (κ1) is 15.1. The zero-order chi connectivity index (χ0) is 10.9. The van der Waals surface area contributed by atoms with Crippen molar-refractivity contribution in [3.05, 3.63) is 54.8 Å². The molecule has 1 N–H and O–H groups in total. The van der Waals surface area contributed by atoms with Gasteiger partial charge in [0.1, 0.15) is 0 Å². The third-order valence-corrected chi connectivity index (χ3v) is 1.69. The Hall–Kier alpha value is -0.940. The standard InChI is InChI=1S/C11H9O.C2H7N.HI/c1-2-6-10(7-3-1)11-8-4-5-9-12-11;1-3-2;/h1-9H;3H,1-2H3;1H/q+1;;/p-1. The van der Waals surface area contributed by atoms with Crippen LogP contribution in [0, 0.1) is 0 Å². The molecule has 0 radical (unpaired) electrons. The zero-order valence-corrected chi connectivity index (χ0v) is 11.6. The maximum absolute atomic E-state index is 5.31. The molecule has 0 amide bonds. The van der Waals surface area contributed by atoms with Gasteiger partial charge in [0.25, 0.3) is 0 Å². The van der Waals surface area contributed by atoms with Crippen LogP contribution in [-0.4, -0.2) is 14.1 Å². The van der Waals surface area contributed by atoms with Crippen molar-refractivity contribution in [3.63, 3.8) is 0 Å². The first-order chi connectivity index (χ1) is 7.38. The van der Waals surface area contributed by atoms with Gasteiger partial charge in [-0.05, 0) is 32.3 Å². The van der Waals surface area contributed by atoms with E-state index in [9.17, 15) is 0 Å². The molecule has 0 spiro atoms. The minimum Gasteiger partial charge on any atom is -1.00 e. The molecule has 2 aromatic rings. The van der Waals surface area contributed by atoms with E-state index in [1.807, 2.05) is 62.6 Å². The summed E-state index contributed by atoms with van der Waals surface area (Å²) in [5.41, 5.74) is 1.11. The third kappa shape index (κ3) is 5.23. The first-order valence-electron chi connectivity index (χ1n) is 4.89. The van der Waals surface area contributed by atoms with Crippen LogP contribution in [0.15, 0.2) is 59.2 Å². The van der Waals surface area contributed by atoms with Gasteiger partial charge in [-0.2, -0.15) is 0 Å². The summed E-state index contributed by atoms with van der Waals surface area (Å²) >= 11 is 0. The maximum Gasteiger partial charge on any atom is 0.359 e. The second-order valence-corrected chi connectivity index (χ2v) is 3.04. The lowest BCUT2D eigenvalue weighted by molar-refractivity contribution is -0.00000357. The van der Waals surface area contributed by atoms with Crippen molar-refractivity contribution in [1.82, 2.24) is 5.32 Å². The Balaban J connectivity index is 0.000000511. The highest BCUT2D eigenvalue weighted by molar-refractivity contribution is 5.56. The van der Waals surface area contributed by atoms with E-state index < -0.39 is 0 Å². The van der Waals surface area contributed by atoms with Crippen molar-refractivity contribution in [2.24, 2.45) is 0 Å². The predicted molar refractivity (Wildman–Crippen MR) is 63.5 cm³/mol. The minimum atomic E-state index is 0. The van der Waals surface area contributed by atoms with Crippen LogP contribution in [0.3, 0.4) is 0 Å². The average Bonchev–Trinajstić information content (AvgIpc) is 2.32. The van der Waals surface area contributed by atoms with E-state index in [-0.39, 0.29) is 24.0 Å². The monoisotopic (exact) mass is 329 g/mol. The smallest absolute Gasteiger partial charge is 0.359 e. The molecular weight excluding hydrogens is 313 g/mol. The Morgan fingerprint density at radius 1 is 0.875 bits per heavy atom. The molecule has 2 rings (SSSR count). The van der Waals surface area contributed by atoms with E-state index in [0.29, 0.717) is 0 Å². The van der Waals surface area contributed by atoms with E-state index in [4.69, 9.17) is 4.42 Å². The van der Waals surface area contributed by atoms with Crippen molar-refractivity contribution in [2.45, 2.75) is 0 Å². The minimum absolute atomic E-state index is 0. The molecule has 0 atom stereocenters. The molecule has 0 fully saturated rings. The average molecular weight is 329 g/mol. The quantitative estimate of drug-likeness (QED) is 0.591. The summed E-state index contributed by atoms with van der Waals surface area (Å²) in [6.07, 6.45) is 1.68. The van der Waals surface area contributed by atoms with Crippen LogP contribution in [0.2, 0.25) is 0 Å². The molecule has 0 aliphatic carbocycles. The van der Waals surface area contributed by atoms with Crippen LogP contribution < -0.4 is 29.3 Å². The molecule has 0 aliphatic heterocycles. The van der Waals surface area contributed by atoms with Gasteiger partial charge in [-0.25, -0.2) is 4.42 Å². The fourth-order valence-electron chi connectivity index (χ4n) is 1.11. The molecule has 0 saturated carbocycles. The summed E-state index contributed by atoms with van der Waals surface area (Å²) in [5.74, 6) is 0.901. The summed E-state index contributed by atoms with van der Waals surface area (Å²) in [5, 5.41) is 2.75. The summed E-state index contributed by atoms with van der Waals surface area (Å²) in [6.45, 7) is 0. The molecule has 3 heteroatoms. The van der Waals surface area contributed by atoms with Gasteiger partial charge in [-0.15, -0.1) is 0 Å². The van der Waals surface area contributed by atoms with E-state index >= 15 is 0 Å². The lowest BCUT2D eigenvalue weighted by Gasteiger charge is -1.87. The highest BCUT2D eigenvalue weighted by Gasteiger charge is 2.06. The lowest BCUT2D eigenvalue weighted by atomic mass is 10.2. The second-order valence-electron chi connectivity index (χ2n) is 3.04. The molecule has 1 aromatic carbocycles. The second kappa shape index (κ2) is 9.30. The molecular formula is C13H16INO. The summed E-state index contributed by atoms with van der Waals surface area (Å²) in [7, 11) is 3.75. The fraction of sp³-hybridized carbons (Fsp3) is 0.154. The fourth-order valence-corrected chi connectivity index (χ4v) is 1.11. The molecule has 0 saturated heterocycles. The zero-order valence-electron chi connectivity index (χ0n) is 9.48. The van der Waals surface area contributed by atoms with Gasteiger partial charge in [0.05, 0.1) is 5.56 Å². The Morgan fingerprint density at radius 2 is 1.44 bits per heavy atom. The Bertz CT molecular complexity index is 327. The lowest BCUT2D eigenvalue weighted by Crippen LogP contribution is -3.00. The Kier molecular flexibility index (Phi) is 8.75. The van der Waals surface area contributed by atoms with Gasteiger partial charge in [-0.1, -0.05) is 18.2 Å². The van der Waals surface area contributed by atoms with E-state index in [1.54, 1.807) is 6.26 Å². The SMILES string of the molecule is CNC.[I-].c1ccc(-c2cccc[o+]2)cc1. The normalized spacial score (nSPS) is 8.38. The van der Waals surface area contributed by atoms with Gasteiger partial charge < -0.3 is 29.3 Å². The molecule has 0 bridgehead atoms. The third-order valence-electron chi connectivity index (χ3n) is 1.69. The van der Waals surface area contributed by atoms with Crippen molar-refractivity contribution in [1.29, 1.82) is 0 Å². The molecule has 0 unspecified atom stereocenters. The number of hydrogen-bond donors (Lipinski definition) is 1. The van der Waals surface area contributed by atoms with Crippen LogP contribution in [0.5, 0.6) is 0 Å². The van der Waals surface area contributed by atoms with Gasteiger partial charge in [0.2, 0.25) is 0 Å². The molecule has 2 nitrogen and oxygen atoms in total. The molecule has 0 aliphatic rings. The van der Waals surface area contributed by atoms with Gasteiger partial charge in [0.15, 0.2) is 0 Å². The summed E-state index contributed by atoms with van der Waals surface area (Å²) < 4.78 is 5.31. The van der Waals surface area contributed by atoms with Crippen molar-refractivity contribution < 1.29 is 28.4 Å². The van der Waals surface area contributed by atoms with Crippen molar-refractivity contribution in [2.75, 3.05) is 14.1 Å². The topological polar surface area (TPSA) is 23.3 Å². The molecule has 16 heavy (non-hydrogen) atoms.